The Kier molecular flexibility index (Phi) is 6.63. The molecular weight excluding hydrogens is 357 g/mol. The van der Waals surface area contributed by atoms with E-state index in [1.165, 1.54) is 12.1 Å². The summed E-state index contributed by atoms with van der Waals surface area (Å²) >= 11 is 0. The Labute approximate surface area is 164 Å². The van der Waals surface area contributed by atoms with Crippen molar-refractivity contribution in [1.29, 1.82) is 0 Å². The molecule has 1 aliphatic rings. The number of urea groups is 1. The molecule has 0 heterocycles. The van der Waals surface area contributed by atoms with Crippen LogP contribution in [0.1, 0.15) is 43.7 Å². The quantitative estimate of drug-likeness (QED) is 0.708. The zero-order valence-electron chi connectivity index (χ0n) is 16.1. The van der Waals surface area contributed by atoms with E-state index in [4.69, 9.17) is 0 Å². The third-order valence-electron chi connectivity index (χ3n) is 4.62. The molecule has 5 nitrogen and oxygen atoms in total. The molecule has 3 amide bonds. The molecule has 0 saturated heterocycles. The molecule has 0 aromatic heterocycles. The topological polar surface area (TPSA) is 61.4 Å². The maximum atomic E-state index is 13.4. The minimum absolute atomic E-state index is 0.0151. The van der Waals surface area contributed by atoms with E-state index in [0.29, 0.717) is 19.5 Å². The summed E-state index contributed by atoms with van der Waals surface area (Å²) in [6.07, 6.45) is 3.23. The molecule has 0 atom stereocenters. The third-order valence-corrected chi connectivity index (χ3v) is 4.62. The van der Waals surface area contributed by atoms with Crippen LogP contribution < -0.4 is 10.6 Å². The van der Waals surface area contributed by atoms with Crippen LogP contribution in [-0.4, -0.2) is 22.9 Å². The van der Waals surface area contributed by atoms with Crippen LogP contribution in [-0.2, 0) is 17.9 Å². The second-order valence-corrected chi connectivity index (χ2v) is 7.15. The van der Waals surface area contributed by atoms with E-state index in [0.717, 1.165) is 36.1 Å². The lowest BCUT2D eigenvalue weighted by atomic mass is 10.2. The van der Waals surface area contributed by atoms with E-state index >= 15 is 0 Å². The van der Waals surface area contributed by atoms with Gasteiger partial charge in [0.25, 0.3) is 0 Å². The number of carbonyl (C=O) groups is 2. The van der Waals surface area contributed by atoms with Crippen LogP contribution in [0.3, 0.4) is 0 Å². The number of hydrogen-bond donors (Lipinski definition) is 2. The first kappa shape index (κ1) is 19.9. The van der Waals surface area contributed by atoms with Crippen LogP contribution in [0.25, 0.3) is 0 Å². The molecule has 2 aromatic carbocycles. The van der Waals surface area contributed by atoms with Crippen molar-refractivity contribution in [2.24, 2.45) is 0 Å². The van der Waals surface area contributed by atoms with E-state index in [1.54, 1.807) is 11.0 Å². The fourth-order valence-corrected chi connectivity index (χ4v) is 3.07. The summed E-state index contributed by atoms with van der Waals surface area (Å²) in [5, 5.41) is 5.80. The minimum Gasteiger partial charge on any atom is -0.334 e. The van der Waals surface area contributed by atoms with Gasteiger partial charge >= 0.3 is 6.03 Å². The SMILES string of the molecule is CCCC(=O)Nc1cccc(CNC(=O)N(Cc2cccc(F)c2)C2CC2)c1. The van der Waals surface area contributed by atoms with Gasteiger partial charge in [0, 0.05) is 31.2 Å². The summed E-state index contributed by atoms with van der Waals surface area (Å²) in [5.74, 6) is -0.311. The van der Waals surface area contributed by atoms with Crippen LogP contribution in [0.4, 0.5) is 14.9 Å². The Morgan fingerprint density at radius 3 is 2.57 bits per heavy atom. The van der Waals surface area contributed by atoms with Crippen molar-refractivity contribution < 1.29 is 14.0 Å². The van der Waals surface area contributed by atoms with Gasteiger partial charge in [-0.1, -0.05) is 31.2 Å². The summed E-state index contributed by atoms with van der Waals surface area (Å²) in [5.41, 5.74) is 2.41. The average molecular weight is 383 g/mol. The average Bonchev–Trinajstić information content (AvgIpc) is 3.50. The van der Waals surface area contributed by atoms with Crippen LogP contribution >= 0.6 is 0 Å². The van der Waals surface area contributed by atoms with Gasteiger partial charge in [0.2, 0.25) is 5.91 Å². The number of rotatable bonds is 8. The smallest absolute Gasteiger partial charge is 0.318 e. The molecule has 1 fully saturated rings. The number of nitrogens with one attached hydrogen (secondary N) is 2. The maximum absolute atomic E-state index is 13.4. The van der Waals surface area contributed by atoms with Crippen LogP contribution in [0.5, 0.6) is 0 Å². The van der Waals surface area contributed by atoms with Gasteiger partial charge in [0.05, 0.1) is 0 Å². The van der Waals surface area contributed by atoms with Gasteiger partial charge in [-0.15, -0.1) is 0 Å². The van der Waals surface area contributed by atoms with Crippen molar-refractivity contribution in [3.05, 3.63) is 65.5 Å². The predicted octanol–water partition coefficient (Wildman–Crippen LogP) is 4.44. The lowest BCUT2D eigenvalue weighted by Crippen LogP contribution is -2.40. The summed E-state index contributed by atoms with van der Waals surface area (Å²) in [4.78, 5) is 26.2. The van der Waals surface area contributed by atoms with Crippen molar-refractivity contribution in [3.8, 4) is 0 Å². The van der Waals surface area contributed by atoms with Crippen molar-refractivity contribution in [3.63, 3.8) is 0 Å². The van der Waals surface area contributed by atoms with Crippen LogP contribution in [0, 0.1) is 5.82 Å². The fourth-order valence-electron chi connectivity index (χ4n) is 3.07. The highest BCUT2D eigenvalue weighted by molar-refractivity contribution is 5.90. The molecule has 1 aliphatic carbocycles. The Morgan fingerprint density at radius 2 is 1.86 bits per heavy atom. The van der Waals surface area contributed by atoms with Gasteiger partial charge in [-0.25, -0.2) is 9.18 Å². The maximum Gasteiger partial charge on any atom is 0.318 e. The Hall–Kier alpha value is -2.89. The summed E-state index contributed by atoms with van der Waals surface area (Å²) in [6.45, 7) is 2.71. The first-order chi connectivity index (χ1) is 13.5. The summed E-state index contributed by atoms with van der Waals surface area (Å²) in [7, 11) is 0. The first-order valence-electron chi connectivity index (χ1n) is 9.73. The number of benzene rings is 2. The number of carbonyl (C=O) groups excluding carboxylic acids is 2. The monoisotopic (exact) mass is 383 g/mol. The van der Waals surface area contributed by atoms with Crippen molar-refractivity contribution in [2.75, 3.05) is 5.32 Å². The summed E-state index contributed by atoms with van der Waals surface area (Å²) < 4.78 is 13.4. The van der Waals surface area contributed by atoms with Crippen molar-refractivity contribution >= 4 is 17.6 Å². The number of amides is 3. The lowest BCUT2D eigenvalue weighted by molar-refractivity contribution is -0.116. The molecule has 0 aliphatic heterocycles. The van der Waals surface area contributed by atoms with Crippen LogP contribution in [0.15, 0.2) is 48.5 Å². The van der Waals surface area contributed by atoms with Crippen LogP contribution in [0.2, 0.25) is 0 Å². The molecule has 2 N–H and O–H groups in total. The van der Waals surface area contributed by atoms with Gasteiger partial charge in [-0.05, 0) is 54.7 Å². The second kappa shape index (κ2) is 9.35. The first-order valence-corrected chi connectivity index (χ1v) is 9.73. The van der Waals surface area contributed by atoms with E-state index in [9.17, 15) is 14.0 Å². The van der Waals surface area contributed by atoms with Gasteiger partial charge in [-0.2, -0.15) is 0 Å². The summed E-state index contributed by atoms with van der Waals surface area (Å²) in [6, 6.07) is 13.9. The van der Waals surface area contributed by atoms with Crippen molar-refractivity contribution in [1.82, 2.24) is 10.2 Å². The predicted molar refractivity (Wildman–Crippen MR) is 107 cm³/mol. The molecule has 0 radical (unpaired) electrons. The van der Waals surface area contributed by atoms with Gasteiger partial charge in [0.15, 0.2) is 0 Å². The Morgan fingerprint density at radius 1 is 1.11 bits per heavy atom. The van der Waals surface area contributed by atoms with E-state index in [2.05, 4.69) is 10.6 Å². The fraction of sp³-hybridized carbons (Fsp3) is 0.364. The number of hydrogen-bond acceptors (Lipinski definition) is 2. The zero-order valence-corrected chi connectivity index (χ0v) is 16.1. The van der Waals surface area contributed by atoms with E-state index in [1.807, 2.05) is 37.3 Å². The minimum atomic E-state index is -0.296. The molecule has 3 rings (SSSR count). The molecule has 6 heteroatoms. The van der Waals surface area contributed by atoms with Gasteiger partial charge in [-0.3, -0.25) is 4.79 Å². The Balaban J connectivity index is 1.58. The highest BCUT2D eigenvalue weighted by Gasteiger charge is 2.32. The largest absolute Gasteiger partial charge is 0.334 e. The zero-order chi connectivity index (χ0) is 19.9. The highest BCUT2D eigenvalue weighted by atomic mass is 19.1. The molecular formula is C22H26FN3O2. The highest BCUT2D eigenvalue weighted by Crippen LogP contribution is 2.28. The van der Waals surface area contributed by atoms with Gasteiger partial charge < -0.3 is 15.5 Å². The number of nitrogens with zero attached hydrogens (tertiary/aromatic N) is 1. The number of halogens is 1. The van der Waals surface area contributed by atoms with E-state index in [-0.39, 0.29) is 23.8 Å². The molecule has 1 saturated carbocycles. The van der Waals surface area contributed by atoms with Crippen molar-refractivity contribution in [2.45, 2.75) is 51.7 Å². The lowest BCUT2D eigenvalue weighted by Gasteiger charge is -2.23. The Bertz CT molecular complexity index is 836. The molecule has 0 bridgehead atoms. The third kappa shape index (κ3) is 5.81. The molecule has 0 spiro atoms. The second-order valence-electron chi connectivity index (χ2n) is 7.15. The number of anilines is 1. The molecule has 0 unspecified atom stereocenters. The standard InChI is InChI=1S/C22H26FN3O2/c1-2-5-21(27)25-19-9-4-6-16(13-19)14-24-22(28)26(20-10-11-20)15-17-7-3-8-18(23)12-17/h3-4,6-9,12-13,20H,2,5,10-11,14-15H2,1H3,(H,24,28)(H,25,27). The van der Waals surface area contributed by atoms with E-state index < -0.39 is 0 Å². The molecule has 148 valence electrons. The molecule has 2 aromatic rings. The van der Waals surface area contributed by atoms with Gasteiger partial charge in [0.1, 0.15) is 5.82 Å². The molecule has 28 heavy (non-hydrogen) atoms. The normalized spacial score (nSPS) is 13.1.